The number of aryl methyl sites for hydroxylation is 1. The van der Waals surface area contributed by atoms with Crippen LogP contribution in [-0.4, -0.2) is 19.9 Å². The SMILES string of the molecule is Cc1ccc(C(O)Cc2ncnn2C(C)C)o1. The smallest absolute Gasteiger partial charge is 0.138 e. The Kier molecular flexibility index (Phi) is 3.28. The predicted molar refractivity (Wildman–Crippen MR) is 62.5 cm³/mol. The van der Waals surface area contributed by atoms with Crippen LogP contribution in [0.3, 0.4) is 0 Å². The summed E-state index contributed by atoms with van der Waals surface area (Å²) < 4.78 is 7.19. The van der Waals surface area contributed by atoms with Crippen molar-refractivity contribution in [2.24, 2.45) is 0 Å². The maximum absolute atomic E-state index is 10.0. The first-order chi connectivity index (χ1) is 8.08. The van der Waals surface area contributed by atoms with Gasteiger partial charge in [0.1, 0.15) is 29.8 Å². The van der Waals surface area contributed by atoms with Crippen LogP contribution >= 0.6 is 0 Å². The number of furan rings is 1. The van der Waals surface area contributed by atoms with Gasteiger partial charge in [-0.3, -0.25) is 0 Å². The van der Waals surface area contributed by atoms with Crippen LogP contribution in [0.15, 0.2) is 22.9 Å². The summed E-state index contributed by atoms with van der Waals surface area (Å²) in [7, 11) is 0. The summed E-state index contributed by atoms with van der Waals surface area (Å²) >= 11 is 0. The van der Waals surface area contributed by atoms with Crippen LogP contribution in [0.25, 0.3) is 0 Å². The highest BCUT2D eigenvalue weighted by molar-refractivity contribution is 5.09. The van der Waals surface area contributed by atoms with Gasteiger partial charge < -0.3 is 9.52 Å². The normalized spacial score (nSPS) is 13.2. The molecule has 0 bridgehead atoms. The van der Waals surface area contributed by atoms with E-state index in [9.17, 15) is 5.11 Å². The highest BCUT2D eigenvalue weighted by Crippen LogP contribution is 2.20. The van der Waals surface area contributed by atoms with Crippen molar-refractivity contribution in [3.05, 3.63) is 35.8 Å². The van der Waals surface area contributed by atoms with Gasteiger partial charge in [0.2, 0.25) is 0 Å². The van der Waals surface area contributed by atoms with Gasteiger partial charge in [0.25, 0.3) is 0 Å². The molecule has 0 aliphatic carbocycles. The molecule has 0 fully saturated rings. The minimum absolute atomic E-state index is 0.234. The molecular weight excluding hydrogens is 218 g/mol. The summed E-state index contributed by atoms with van der Waals surface area (Å²) in [5, 5.41) is 14.2. The molecule has 5 nitrogen and oxygen atoms in total. The first-order valence-corrected chi connectivity index (χ1v) is 5.70. The quantitative estimate of drug-likeness (QED) is 0.880. The van der Waals surface area contributed by atoms with Crippen molar-refractivity contribution in [1.82, 2.24) is 14.8 Å². The van der Waals surface area contributed by atoms with Crippen LogP contribution in [0, 0.1) is 6.92 Å². The molecule has 2 aromatic heterocycles. The topological polar surface area (TPSA) is 64.1 Å². The molecule has 5 heteroatoms. The average Bonchev–Trinajstić information content (AvgIpc) is 2.86. The van der Waals surface area contributed by atoms with E-state index < -0.39 is 6.10 Å². The van der Waals surface area contributed by atoms with Gasteiger partial charge in [0.05, 0.1) is 0 Å². The zero-order valence-electron chi connectivity index (χ0n) is 10.3. The van der Waals surface area contributed by atoms with Gasteiger partial charge in [-0.2, -0.15) is 5.10 Å². The number of nitrogens with zero attached hydrogens (tertiary/aromatic N) is 3. The van der Waals surface area contributed by atoms with E-state index in [4.69, 9.17) is 4.42 Å². The molecule has 2 heterocycles. The fraction of sp³-hybridized carbons (Fsp3) is 0.500. The Morgan fingerprint density at radius 3 is 2.76 bits per heavy atom. The molecule has 1 unspecified atom stereocenters. The third kappa shape index (κ3) is 2.55. The largest absolute Gasteiger partial charge is 0.464 e. The van der Waals surface area contributed by atoms with Crippen LogP contribution in [0.1, 0.15) is 43.3 Å². The molecule has 1 atom stereocenters. The monoisotopic (exact) mass is 235 g/mol. The van der Waals surface area contributed by atoms with E-state index >= 15 is 0 Å². The van der Waals surface area contributed by atoms with Crippen LogP contribution in [0.2, 0.25) is 0 Å². The van der Waals surface area contributed by atoms with E-state index in [1.54, 1.807) is 10.7 Å². The summed E-state index contributed by atoms with van der Waals surface area (Å²) in [5.41, 5.74) is 0. The lowest BCUT2D eigenvalue weighted by molar-refractivity contribution is 0.144. The zero-order valence-corrected chi connectivity index (χ0v) is 10.3. The van der Waals surface area contributed by atoms with E-state index in [-0.39, 0.29) is 6.04 Å². The zero-order chi connectivity index (χ0) is 12.4. The summed E-state index contributed by atoms with van der Waals surface area (Å²) in [5.74, 6) is 2.13. The van der Waals surface area contributed by atoms with Crippen molar-refractivity contribution < 1.29 is 9.52 Å². The summed E-state index contributed by atoms with van der Waals surface area (Å²) in [6.45, 7) is 5.91. The average molecular weight is 235 g/mol. The Labute approximate surface area is 100 Å². The highest BCUT2D eigenvalue weighted by atomic mass is 16.4. The van der Waals surface area contributed by atoms with E-state index in [0.717, 1.165) is 11.6 Å². The number of rotatable bonds is 4. The molecule has 0 spiro atoms. The Hall–Kier alpha value is -1.62. The molecule has 92 valence electrons. The summed E-state index contributed by atoms with van der Waals surface area (Å²) in [6, 6.07) is 3.86. The number of hydrogen-bond donors (Lipinski definition) is 1. The minimum atomic E-state index is -0.676. The van der Waals surface area contributed by atoms with Gasteiger partial charge in [0.15, 0.2) is 0 Å². The van der Waals surface area contributed by atoms with Crippen LogP contribution < -0.4 is 0 Å². The van der Waals surface area contributed by atoms with E-state index in [2.05, 4.69) is 10.1 Å². The summed E-state index contributed by atoms with van der Waals surface area (Å²) in [6.07, 6.45) is 1.24. The maximum Gasteiger partial charge on any atom is 0.138 e. The van der Waals surface area contributed by atoms with Gasteiger partial charge in [-0.1, -0.05) is 0 Å². The molecular formula is C12H17N3O2. The number of hydrogen-bond acceptors (Lipinski definition) is 4. The second kappa shape index (κ2) is 4.71. The van der Waals surface area contributed by atoms with Crippen molar-refractivity contribution in [2.45, 2.75) is 39.3 Å². The molecule has 0 saturated carbocycles. The number of aliphatic hydroxyl groups is 1. The molecule has 0 aliphatic heterocycles. The van der Waals surface area contributed by atoms with Gasteiger partial charge in [-0.05, 0) is 32.9 Å². The van der Waals surface area contributed by atoms with Crippen molar-refractivity contribution in [1.29, 1.82) is 0 Å². The third-order valence-corrected chi connectivity index (χ3v) is 2.60. The van der Waals surface area contributed by atoms with Crippen molar-refractivity contribution >= 4 is 0 Å². The van der Waals surface area contributed by atoms with E-state index in [1.807, 2.05) is 26.8 Å². The Bertz CT molecular complexity index is 487. The van der Waals surface area contributed by atoms with Crippen LogP contribution in [0.5, 0.6) is 0 Å². The Balaban J connectivity index is 2.13. The van der Waals surface area contributed by atoms with Crippen LogP contribution in [0.4, 0.5) is 0 Å². The maximum atomic E-state index is 10.0. The predicted octanol–water partition coefficient (Wildman–Crippen LogP) is 2.04. The first-order valence-electron chi connectivity index (χ1n) is 5.70. The van der Waals surface area contributed by atoms with E-state index in [0.29, 0.717) is 12.2 Å². The lowest BCUT2D eigenvalue weighted by Gasteiger charge is -2.11. The fourth-order valence-corrected chi connectivity index (χ4v) is 1.76. The van der Waals surface area contributed by atoms with Crippen molar-refractivity contribution in [3.8, 4) is 0 Å². The molecule has 17 heavy (non-hydrogen) atoms. The Morgan fingerprint density at radius 1 is 1.41 bits per heavy atom. The fourth-order valence-electron chi connectivity index (χ4n) is 1.76. The van der Waals surface area contributed by atoms with Gasteiger partial charge >= 0.3 is 0 Å². The molecule has 0 aromatic carbocycles. The van der Waals surface area contributed by atoms with Crippen molar-refractivity contribution in [2.75, 3.05) is 0 Å². The summed E-state index contributed by atoms with van der Waals surface area (Å²) in [4.78, 5) is 4.16. The number of aromatic nitrogens is 3. The van der Waals surface area contributed by atoms with Gasteiger partial charge in [-0.15, -0.1) is 0 Å². The van der Waals surface area contributed by atoms with E-state index in [1.165, 1.54) is 6.33 Å². The standard InChI is InChI=1S/C12H17N3O2/c1-8(2)15-12(13-7-14-15)6-10(16)11-5-4-9(3)17-11/h4-5,7-8,10,16H,6H2,1-3H3. The molecule has 2 aromatic rings. The van der Waals surface area contributed by atoms with Crippen molar-refractivity contribution in [3.63, 3.8) is 0 Å². The lowest BCUT2D eigenvalue weighted by atomic mass is 10.2. The molecule has 0 amide bonds. The molecule has 0 radical (unpaired) electrons. The second-order valence-electron chi connectivity index (χ2n) is 4.38. The van der Waals surface area contributed by atoms with Gasteiger partial charge in [0, 0.05) is 12.5 Å². The first kappa shape index (κ1) is 11.9. The molecule has 0 aliphatic rings. The lowest BCUT2D eigenvalue weighted by Crippen LogP contribution is -2.11. The second-order valence-corrected chi connectivity index (χ2v) is 4.38. The third-order valence-electron chi connectivity index (χ3n) is 2.60. The molecule has 1 N–H and O–H groups in total. The Morgan fingerprint density at radius 2 is 2.18 bits per heavy atom. The van der Waals surface area contributed by atoms with Crippen LogP contribution in [-0.2, 0) is 6.42 Å². The minimum Gasteiger partial charge on any atom is -0.464 e. The molecule has 0 saturated heterocycles. The van der Waals surface area contributed by atoms with Gasteiger partial charge in [-0.25, -0.2) is 9.67 Å². The molecule has 2 rings (SSSR count). The highest BCUT2D eigenvalue weighted by Gasteiger charge is 2.17. The number of aliphatic hydroxyl groups excluding tert-OH is 1.